The van der Waals surface area contributed by atoms with E-state index < -0.39 is 0 Å². The molecule has 0 aliphatic heterocycles. The quantitative estimate of drug-likeness (QED) is 0.563. The number of ether oxygens (including phenoxy) is 1. The van der Waals surface area contributed by atoms with Crippen LogP contribution in [0, 0.1) is 0 Å². The summed E-state index contributed by atoms with van der Waals surface area (Å²) >= 11 is 0. The molecule has 2 rings (SSSR count). The lowest BCUT2D eigenvalue weighted by atomic mass is 10.1. The van der Waals surface area contributed by atoms with Crippen molar-refractivity contribution in [1.82, 2.24) is 4.90 Å². The van der Waals surface area contributed by atoms with Crippen molar-refractivity contribution in [3.8, 4) is 5.75 Å². The lowest BCUT2D eigenvalue weighted by molar-refractivity contribution is 0.242. The van der Waals surface area contributed by atoms with Gasteiger partial charge in [-0.1, -0.05) is 30.3 Å². The Morgan fingerprint density at radius 1 is 1.08 bits per heavy atom. The second-order valence-corrected chi connectivity index (χ2v) is 6.85. The van der Waals surface area contributed by atoms with Crippen LogP contribution in [0.3, 0.4) is 0 Å². The highest BCUT2D eigenvalue weighted by atomic mass is 16.5. The summed E-state index contributed by atoms with van der Waals surface area (Å²) in [6.45, 7) is 4.65. The molecule has 5 nitrogen and oxygen atoms in total. The summed E-state index contributed by atoms with van der Waals surface area (Å²) in [4.78, 5) is 6.70. The molecule has 0 aliphatic carbocycles. The minimum absolute atomic E-state index is 0.160. The Balaban J connectivity index is 1.92. The van der Waals surface area contributed by atoms with Crippen LogP contribution in [-0.2, 0) is 6.42 Å². The molecule has 0 saturated heterocycles. The molecule has 1 atom stereocenters. The SMILES string of the molecule is CC(C)Oc1ccc(NC(N)=NCC(Cc2ccccc2)N(C)C)cc1. The van der Waals surface area contributed by atoms with Crippen LogP contribution in [0.1, 0.15) is 19.4 Å². The highest BCUT2D eigenvalue weighted by molar-refractivity contribution is 5.92. The van der Waals surface area contributed by atoms with E-state index in [0.717, 1.165) is 17.9 Å². The minimum atomic E-state index is 0.160. The van der Waals surface area contributed by atoms with Crippen molar-refractivity contribution in [2.24, 2.45) is 10.7 Å². The fraction of sp³-hybridized carbons (Fsp3) is 0.381. The molecule has 3 N–H and O–H groups in total. The predicted molar refractivity (Wildman–Crippen MR) is 110 cm³/mol. The van der Waals surface area contributed by atoms with Gasteiger partial charge in [0.25, 0.3) is 0 Å². The molecule has 0 heterocycles. The first-order valence-corrected chi connectivity index (χ1v) is 8.98. The standard InChI is InChI=1S/C21H30N4O/c1-16(2)26-20-12-10-18(11-13-20)24-21(22)23-15-19(25(3)4)14-17-8-6-5-7-9-17/h5-13,16,19H,14-15H2,1-4H3,(H3,22,23,24). The predicted octanol–water partition coefficient (Wildman–Crippen LogP) is 3.37. The van der Waals surface area contributed by atoms with E-state index in [-0.39, 0.29) is 6.10 Å². The maximum Gasteiger partial charge on any atom is 0.193 e. The molecule has 140 valence electrons. The molecule has 1 unspecified atom stereocenters. The van der Waals surface area contributed by atoms with Crippen molar-refractivity contribution in [1.29, 1.82) is 0 Å². The molecule has 0 aromatic heterocycles. The van der Waals surface area contributed by atoms with Gasteiger partial charge in [0.15, 0.2) is 5.96 Å². The Hall–Kier alpha value is -2.53. The topological polar surface area (TPSA) is 62.9 Å². The van der Waals surface area contributed by atoms with Crippen molar-refractivity contribution >= 4 is 11.6 Å². The van der Waals surface area contributed by atoms with E-state index >= 15 is 0 Å². The smallest absolute Gasteiger partial charge is 0.193 e. The molecule has 0 saturated carbocycles. The molecule has 0 radical (unpaired) electrons. The number of rotatable bonds is 8. The summed E-state index contributed by atoms with van der Waals surface area (Å²) in [5.74, 6) is 1.26. The fourth-order valence-corrected chi connectivity index (χ4v) is 2.58. The van der Waals surface area contributed by atoms with E-state index in [0.29, 0.717) is 18.5 Å². The molecular weight excluding hydrogens is 324 g/mol. The second kappa shape index (κ2) is 9.82. The maximum absolute atomic E-state index is 6.06. The van der Waals surface area contributed by atoms with Gasteiger partial charge in [-0.15, -0.1) is 0 Å². The third kappa shape index (κ3) is 6.76. The van der Waals surface area contributed by atoms with Gasteiger partial charge in [-0.3, -0.25) is 4.99 Å². The Labute approximate surface area is 156 Å². The number of guanidine groups is 1. The number of nitrogens with zero attached hydrogens (tertiary/aromatic N) is 2. The number of nitrogens with two attached hydrogens (primary N) is 1. The average molecular weight is 354 g/mol. The van der Waals surface area contributed by atoms with Crippen LogP contribution in [0.4, 0.5) is 5.69 Å². The van der Waals surface area contributed by atoms with Gasteiger partial charge in [0, 0.05) is 11.7 Å². The van der Waals surface area contributed by atoms with Crippen LogP contribution in [0.2, 0.25) is 0 Å². The molecule has 2 aromatic carbocycles. The van der Waals surface area contributed by atoms with E-state index in [1.54, 1.807) is 0 Å². The van der Waals surface area contributed by atoms with Gasteiger partial charge in [-0.05, 0) is 64.2 Å². The van der Waals surface area contributed by atoms with Crippen molar-refractivity contribution in [3.05, 3.63) is 60.2 Å². The average Bonchev–Trinajstić information content (AvgIpc) is 2.60. The highest BCUT2D eigenvalue weighted by Gasteiger charge is 2.12. The van der Waals surface area contributed by atoms with Crippen LogP contribution in [-0.4, -0.2) is 43.6 Å². The maximum atomic E-state index is 6.06. The molecule has 0 amide bonds. The molecule has 0 aliphatic rings. The van der Waals surface area contributed by atoms with Crippen LogP contribution >= 0.6 is 0 Å². The van der Waals surface area contributed by atoms with Gasteiger partial charge >= 0.3 is 0 Å². The number of anilines is 1. The van der Waals surface area contributed by atoms with Crippen molar-refractivity contribution in [3.63, 3.8) is 0 Å². The van der Waals surface area contributed by atoms with Gasteiger partial charge in [-0.25, -0.2) is 0 Å². The van der Waals surface area contributed by atoms with E-state index in [1.807, 2.05) is 44.2 Å². The first-order valence-electron chi connectivity index (χ1n) is 8.98. The Morgan fingerprint density at radius 2 is 1.73 bits per heavy atom. The Bertz CT molecular complexity index is 681. The Kier molecular flexibility index (Phi) is 7.48. The Morgan fingerprint density at radius 3 is 2.31 bits per heavy atom. The summed E-state index contributed by atoms with van der Waals surface area (Å²) < 4.78 is 5.64. The summed E-state index contributed by atoms with van der Waals surface area (Å²) in [7, 11) is 4.14. The van der Waals surface area contributed by atoms with E-state index in [9.17, 15) is 0 Å². The van der Waals surface area contributed by atoms with Gasteiger partial charge in [0.2, 0.25) is 0 Å². The van der Waals surface area contributed by atoms with Crippen LogP contribution in [0.15, 0.2) is 59.6 Å². The molecule has 26 heavy (non-hydrogen) atoms. The van der Waals surface area contributed by atoms with Crippen LogP contribution in [0.25, 0.3) is 0 Å². The molecule has 2 aromatic rings. The molecule has 0 fully saturated rings. The van der Waals surface area contributed by atoms with E-state index in [4.69, 9.17) is 10.5 Å². The largest absolute Gasteiger partial charge is 0.491 e. The minimum Gasteiger partial charge on any atom is -0.491 e. The summed E-state index contributed by atoms with van der Waals surface area (Å²) in [5.41, 5.74) is 8.25. The van der Waals surface area contributed by atoms with Gasteiger partial charge < -0.3 is 20.7 Å². The summed E-state index contributed by atoms with van der Waals surface area (Å²) in [6.07, 6.45) is 1.10. The third-order valence-corrected chi connectivity index (χ3v) is 4.02. The molecule has 0 spiro atoms. The van der Waals surface area contributed by atoms with Gasteiger partial charge in [0.1, 0.15) is 5.75 Å². The zero-order valence-corrected chi connectivity index (χ0v) is 16.1. The van der Waals surface area contributed by atoms with Crippen molar-refractivity contribution in [2.75, 3.05) is 26.0 Å². The van der Waals surface area contributed by atoms with Gasteiger partial charge in [0.05, 0.1) is 12.6 Å². The van der Waals surface area contributed by atoms with Crippen LogP contribution in [0.5, 0.6) is 5.75 Å². The molecule has 0 bridgehead atoms. The number of nitrogens with one attached hydrogen (secondary N) is 1. The second-order valence-electron chi connectivity index (χ2n) is 6.85. The van der Waals surface area contributed by atoms with Crippen LogP contribution < -0.4 is 15.8 Å². The monoisotopic (exact) mass is 354 g/mol. The number of hydrogen-bond donors (Lipinski definition) is 2. The lowest BCUT2D eigenvalue weighted by Crippen LogP contribution is -2.34. The number of hydrogen-bond acceptors (Lipinski definition) is 3. The zero-order valence-electron chi connectivity index (χ0n) is 16.1. The summed E-state index contributed by atoms with van der Waals surface area (Å²) in [6, 6.07) is 18.5. The fourth-order valence-electron chi connectivity index (χ4n) is 2.58. The third-order valence-electron chi connectivity index (χ3n) is 4.02. The zero-order chi connectivity index (χ0) is 18.9. The van der Waals surface area contributed by atoms with Gasteiger partial charge in [-0.2, -0.15) is 0 Å². The van der Waals surface area contributed by atoms with Crippen molar-refractivity contribution < 1.29 is 4.74 Å². The van der Waals surface area contributed by atoms with Crippen molar-refractivity contribution in [2.45, 2.75) is 32.4 Å². The van der Waals surface area contributed by atoms with E-state index in [2.05, 4.69) is 53.6 Å². The normalized spacial score (nSPS) is 13.1. The lowest BCUT2D eigenvalue weighted by Gasteiger charge is -2.23. The van der Waals surface area contributed by atoms with E-state index in [1.165, 1.54) is 5.56 Å². The summed E-state index contributed by atoms with van der Waals surface area (Å²) in [5, 5.41) is 3.13. The molecular formula is C21H30N4O. The number of benzene rings is 2. The number of likely N-dealkylation sites (N-methyl/N-ethyl adjacent to an activating group) is 1. The number of aliphatic imine (C=N–C) groups is 1. The first-order chi connectivity index (χ1) is 12.4. The molecule has 5 heteroatoms. The first kappa shape index (κ1) is 19.8. The highest BCUT2D eigenvalue weighted by Crippen LogP contribution is 2.16.